The molecule has 0 N–H and O–H groups in total. The van der Waals surface area contributed by atoms with E-state index in [1.807, 2.05) is 0 Å². The number of aryl methyl sites for hydroxylation is 1. The number of pyridine rings is 1. The van der Waals surface area contributed by atoms with Crippen molar-refractivity contribution in [3.63, 3.8) is 0 Å². The quantitative estimate of drug-likeness (QED) is 0.359. The van der Waals surface area contributed by atoms with Crippen LogP contribution in [0.25, 0.3) is 10.9 Å². The Morgan fingerprint density at radius 1 is 0.960 bits per heavy atom. The maximum absolute atomic E-state index is 4.93. The number of benzene rings is 1. The zero-order valence-electron chi connectivity index (χ0n) is 15.8. The van der Waals surface area contributed by atoms with Crippen molar-refractivity contribution < 1.29 is 0 Å². The molecule has 0 saturated heterocycles. The van der Waals surface area contributed by atoms with Crippen molar-refractivity contribution in [2.24, 2.45) is 4.99 Å². The Morgan fingerprint density at radius 2 is 1.72 bits per heavy atom. The number of aliphatic imine (C=N–C) groups is 1. The fraction of sp³-hybridized carbons (Fsp3) is 0.565. The monoisotopic (exact) mass is 336 g/mol. The van der Waals surface area contributed by atoms with Crippen LogP contribution in [0.4, 0.5) is 5.69 Å². The highest BCUT2D eigenvalue weighted by atomic mass is 14.8. The van der Waals surface area contributed by atoms with E-state index >= 15 is 0 Å². The fourth-order valence-corrected chi connectivity index (χ4v) is 3.84. The largest absolute Gasteiger partial charge is 0.260 e. The van der Waals surface area contributed by atoms with Gasteiger partial charge in [0.2, 0.25) is 0 Å². The highest BCUT2D eigenvalue weighted by Crippen LogP contribution is 2.35. The molecule has 0 atom stereocenters. The molecule has 0 radical (unpaired) electrons. The van der Waals surface area contributed by atoms with Crippen molar-refractivity contribution in [3.05, 3.63) is 35.5 Å². The minimum atomic E-state index is 1.10. The summed E-state index contributed by atoms with van der Waals surface area (Å²) in [5, 5.41) is 1.22. The van der Waals surface area contributed by atoms with Crippen molar-refractivity contribution in [2.45, 2.75) is 84.0 Å². The average Bonchev–Trinajstić information content (AvgIpc) is 2.66. The van der Waals surface area contributed by atoms with Crippen molar-refractivity contribution in [2.75, 3.05) is 0 Å². The van der Waals surface area contributed by atoms with E-state index in [1.165, 1.54) is 80.1 Å². The standard InChI is InChI=1S/C23H32N2/c1-2-3-4-5-6-7-8-13-18-24-23-19-14-9-11-16-21(19)25-22-17-12-10-15-20(22)23/h9,11,14,16,18H,2-8,10,12-13,15,17H2,1H3/b24-18-. The molecular formula is C23H32N2. The van der Waals surface area contributed by atoms with Crippen molar-refractivity contribution in [1.82, 2.24) is 4.98 Å². The number of hydrogen-bond donors (Lipinski definition) is 0. The Labute approximate surface area is 152 Å². The molecule has 0 unspecified atom stereocenters. The Bertz CT molecular complexity index is 703. The van der Waals surface area contributed by atoms with Gasteiger partial charge in [0.05, 0.1) is 11.2 Å². The van der Waals surface area contributed by atoms with E-state index in [9.17, 15) is 0 Å². The number of para-hydroxylation sites is 1. The van der Waals surface area contributed by atoms with Gasteiger partial charge in [0, 0.05) is 17.3 Å². The van der Waals surface area contributed by atoms with Crippen molar-refractivity contribution in [1.29, 1.82) is 0 Å². The summed E-state index contributed by atoms with van der Waals surface area (Å²) in [6, 6.07) is 8.49. The van der Waals surface area contributed by atoms with Crippen LogP contribution < -0.4 is 0 Å². The van der Waals surface area contributed by atoms with Crippen molar-refractivity contribution >= 4 is 22.8 Å². The van der Waals surface area contributed by atoms with Crippen LogP contribution in [-0.4, -0.2) is 11.2 Å². The molecular weight excluding hydrogens is 304 g/mol. The first-order chi connectivity index (χ1) is 12.4. The molecule has 0 spiro atoms. The lowest BCUT2D eigenvalue weighted by atomic mass is 9.93. The fourth-order valence-electron chi connectivity index (χ4n) is 3.84. The van der Waals surface area contributed by atoms with Gasteiger partial charge < -0.3 is 0 Å². The molecule has 1 aliphatic carbocycles. The van der Waals surface area contributed by atoms with Gasteiger partial charge in [0.1, 0.15) is 0 Å². The van der Waals surface area contributed by atoms with Crippen LogP contribution in [0.15, 0.2) is 29.3 Å². The number of unbranched alkanes of at least 4 members (excludes halogenated alkanes) is 7. The van der Waals surface area contributed by atoms with Crippen LogP contribution in [0.3, 0.4) is 0 Å². The van der Waals surface area contributed by atoms with Gasteiger partial charge in [0.15, 0.2) is 0 Å². The first-order valence-corrected chi connectivity index (χ1v) is 10.3. The molecule has 0 saturated carbocycles. The third-order valence-corrected chi connectivity index (χ3v) is 5.30. The summed E-state index contributed by atoms with van der Waals surface area (Å²) < 4.78 is 0. The maximum Gasteiger partial charge on any atom is 0.0769 e. The van der Waals surface area contributed by atoms with Crippen LogP contribution in [0, 0.1) is 0 Å². The zero-order chi connectivity index (χ0) is 17.3. The van der Waals surface area contributed by atoms with Gasteiger partial charge in [-0.05, 0) is 50.2 Å². The molecule has 1 heterocycles. The van der Waals surface area contributed by atoms with E-state index in [2.05, 4.69) is 37.4 Å². The first-order valence-electron chi connectivity index (χ1n) is 10.3. The number of hydrogen-bond acceptors (Lipinski definition) is 2. The predicted molar refractivity (Wildman–Crippen MR) is 109 cm³/mol. The molecule has 2 heteroatoms. The second-order valence-corrected chi connectivity index (χ2v) is 7.33. The summed E-state index contributed by atoms with van der Waals surface area (Å²) in [7, 11) is 0. The van der Waals surface area contributed by atoms with E-state index in [0.717, 1.165) is 24.8 Å². The molecule has 0 fully saturated rings. The molecule has 25 heavy (non-hydrogen) atoms. The molecule has 1 aromatic carbocycles. The minimum absolute atomic E-state index is 1.10. The smallest absolute Gasteiger partial charge is 0.0769 e. The van der Waals surface area contributed by atoms with Crippen LogP contribution in [0.2, 0.25) is 0 Å². The Hall–Kier alpha value is -1.70. The molecule has 1 aromatic heterocycles. The number of nitrogens with zero attached hydrogens (tertiary/aromatic N) is 2. The molecule has 134 valence electrons. The van der Waals surface area contributed by atoms with Gasteiger partial charge in [-0.1, -0.05) is 63.6 Å². The third-order valence-electron chi connectivity index (χ3n) is 5.30. The second kappa shape index (κ2) is 9.70. The lowest BCUT2D eigenvalue weighted by Gasteiger charge is -2.18. The zero-order valence-corrected chi connectivity index (χ0v) is 15.8. The summed E-state index contributed by atoms with van der Waals surface area (Å²) >= 11 is 0. The first kappa shape index (κ1) is 18.1. The SMILES string of the molecule is CCCCCCCCC/C=N\c1c2c(nc3ccccc13)CCCC2. The van der Waals surface area contributed by atoms with Gasteiger partial charge in [-0.15, -0.1) is 0 Å². The predicted octanol–water partition coefficient (Wildman–Crippen LogP) is 6.96. The third kappa shape index (κ3) is 4.90. The normalized spacial score (nSPS) is 14.3. The van der Waals surface area contributed by atoms with E-state index in [0.29, 0.717) is 0 Å². The van der Waals surface area contributed by atoms with Crippen LogP contribution in [0.5, 0.6) is 0 Å². The van der Waals surface area contributed by atoms with E-state index in [1.54, 1.807) is 0 Å². The Kier molecular flexibility index (Phi) is 7.02. The molecule has 0 bridgehead atoms. The van der Waals surface area contributed by atoms with Crippen LogP contribution in [0.1, 0.15) is 82.4 Å². The molecule has 3 rings (SSSR count). The molecule has 0 aliphatic heterocycles. The summed E-state index contributed by atoms with van der Waals surface area (Å²) in [5.41, 5.74) is 4.99. The summed E-state index contributed by atoms with van der Waals surface area (Å²) in [6.07, 6.45) is 17.5. The Balaban J connectivity index is 1.62. The summed E-state index contributed by atoms with van der Waals surface area (Å²) in [4.78, 5) is 9.83. The maximum atomic E-state index is 4.93. The van der Waals surface area contributed by atoms with Crippen molar-refractivity contribution in [3.8, 4) is 0 Å². The second-order valence-electron chi connectivity index (χ2n) is 7.33. The van der Waals surface area contributed by atoms with Gasteiger partial charge in [-0.3, -0.25) is 9.98 Å². The molecule has 1 aliphatic rings. The van der Waals surface area contributed by atoms with E-state index in [4.69, 9.17) is 9.98 Å². The summed E-state index contributed by atoms with van der Waals surface area (Å²) in [5.74, 6) is 0. The molecule has 0 amide bonds. The van der Waals surface area contributed by atoms with E-state index in [-0.39, 0.29) is 0 Å². The topological polar surface area (TPSA) is 25.2 Å². The van der Waals surface area contributed by atoms with Gasteiger partial charge >= 0.3 is 0 Å². The van der Waals surface area contributed by atoms with Crippen LogP contribution in [-0.2, 0) is 12.8 Å². The highest BCUT2D eigenvalue weighted by Gasteiger charge is 2.17. The lowest BCUT2D eigenvalue weighted by Crippen LogP contribution is -2.06. The van der Waals surface area contributed by atoms with E-state index < -0.39 is 0 Å². The van der Waals surface area contributed by atoms with Gasteiger partial charge in [-0.25, -0.2) is 0 Å². The molecule has 2 nitrogen and oxygen atoms in total. The van der Waals surface area contributed by atoms with Gasteiger partial charge in [0.25, 0.3) is 0 Å². The number of fused-ring (bicyclic) bond motifs is 2. The number of rotatable bonds is 9. The Morgan fingerprint density at radius 3 is 2.60 bits per heavy atom. The van der Waals surface area contributed by atoms with Crippen LogP contribution >= 0.6 is 0 Å². The highest BCUT2D eigenvalue weighted by molar-refractivity contribution is 5.93. The minimum Gasteiger partial charge on any atom is -0.260 e. The summed E-state index contributed by atoms with van der Waals surface area (Å²) in [6.45, 7) is 2.28. The molecule has 2 aromatic rings. The lowest BCUT2D eigenvalue weighted by molar-refractivity contribution is 0.596. The van der Waals surface area contributed by atoms with Gasteiger partial charge in [-0.2, -0.15) is 0 Å². The number of aromatic nitrogens is 1. The average molecular weight is 337 g/mol.